The van der Waals surface area contributed by atoms with Crippen LogP contribution in [0.5, 0.6) is 0 Å². The van der Waals surface area contributed by atoms with Crippen molar-refractivity contribution in [3.05, 3.63) is 70.9 Å². The average Bonchev–Trinajstić information content (AvgIpc) is 2.74. The highest BCUT2D eigenvalue weighted by molar-refractivity contribution is 5.98. The van der Waals surface area contributed by atoms with Gasteiger partial charge in [0, 0.05) is 37.8 Å². The van der Waals surface area contributed by atoms with E-state index in [1.165, 1.54) is 5.69 Å². The molecule has 2 aromatic carbocycles. The zero-order valence-electron chi connectivity index (χ0n) is 17.3. The number of fused-ring (bicyclic) bond motifs is 1. The highest BCUT2D eigenvalue weighted by Gasteiger charge is 2.17. The third-order valence-electron chi connectivity index (χ3n) is 5.47. The number of carbonyl (C=O) groups excluding carboxylic acids is 1. The van der Waals surface area contributed by atoms with Crippen molar-refractivity contribution in [2.75, 3.05) is 38.3 Å². The maximum Gasteiger partial charge on any atom is 0.255 e. The van der Waals surface area contributed by atoms with E-state index in [0.717, 1.165) is 54.0 Å². The van der Waals surface area contributed by atoms with Crippen LogP contribution in [0.15, 0.2) is 48.5 Å². The van der Waals surface area contributed by atoms with E-state index in [1.807, 2.05) is 39.1 Å². The third kappa shape index (κ3) is 4.25. The Hall–Kier alpha value is -2.92. The predicted octanol–water partition coefficient (Wildman–Crippen LogP) is 3.96. The molecule has 0 spiro atoms. The molecule has 1 saturated heterocycles. The standard InChI is InChI=1S/C24H27N3O2/c1-17-4-9-23-20(14-17)15-22(18(2)25-23)24(28)26(3)16-19-5-7-21(8-6-19)27-10-12-29-13-11-27/h4-9,14-15H,10-13,16H2,1-3H3. The van der Waals surface area contributed by atoms with Crippen LogP contribution in [0, 0.1) is 13.8 Å². The molecule has 150 valence electrons. The number of benzene rings is 2. The van der Waals surface area contributed by atoms with E-state index in [0.29, 0.717) is 12.1 Å². The van der Waals surface area contributed by atoms with E-state index in [1.54, 1.807) is 4.90 Å². The van der Waals surface area contributed by atoms with Crippen LogP contribution < -0.4 is 4.90 Å². The Morgan fingerprint density at radius 3 is 2.52 bits per heavy atom. The lowest BCUT2D eigenvalue weighted by molar-refractivity contribution is 0.0784. The number of ether oxygens (including phenoxy) is 1. The minimum Gasteiger partial charge on any atom is -0.378 e. The van der Waals surface area contributed by atoms with E-state index < -0.39 is 0 Å². The minimum absolute atomic E-state index is 0.00402. The lowest BCUT2D eigenvalue weighted by atomic mass is 10.1. The molecule has 1 aliphatic rings. The molecule has 0 aliphatic carbocycles. The average molecular weight is 389 g/mol. The van der Waals surface area contributed by atoms with Gasteiger partial charge in [-0.05, 0) is 49.7 Å². The van der Waals surface area contributed by atoms with Crippen LogP contribution in [0.1, 0.15) is 27.2 Å². The number of aromatic nitrogens is 1. The summed E-state index contributed by atoms with van der Waals surface area (Å²) in [5.74, 6) is -0.00402. The second-order valence-electron chi connectivity index (χ2n) is 7.74. The van der Waals surface area contributed by atoms with Gasteiger partial charge in [-0.25, -0.2) is 0 Å². The Labute approximate surface area is 171 Å². The Morgan fingerprint density at radius 2 is 1.79 bits per heavy atom. The number of morpholine rings is 1. The number of amides is 1. The van der Waals surface area contributed by atoms with Crippen LogP contribution >= 0.6 is 0 Å². The van der Waals surface area contributed by atoms with Gasteiger partial charge in [0.15, 0.2) is 0 Å². The summed E-state index contributed by atoms with van der Waals surface area (Å²) in [6, 6.07) is 16.5. The summed E-state index contributed by atoms with van der Waals surface area (Å²) < 4.78 is 5.42. The van der Waals surface area contributed by atoms with Gasteiger partial charge < -0.3 is 14.5 Å². The van der Waals surface area contributed by atoms with Gasteiger partial charge in [-0.3, -0.25) is 9.78 Å². The lowest BCUT2D eigenvalue weighted by Crippen LogP contribution is -2.36. The zero-order chi connectivity index (χ0) is 20.4. The molecule has 1 fully saturated rings. The van der Waals surface area contributed by atoms with Gasteiger partial charge in [0.1, 0.15) is 0 Å². The zero-order valence-corrected chi connectivity index (χ0v) is 17.3. The monoisotopic (exact) mass is 389 g/mol. The van der Waals surface area contributed by atoms with Gasteiger partial charge >= 0.3 is 0 Å². The fourth-order valence-corrected chi connectivity index (χ4v) is 3.79. The van der Waals surface area contributed by atoms with Gasteiger partial charge in [0.25, 0.3) is 5.91 Å². The summed E-state index contributed by atoms with van der Waals surface area (Å²) >= 11 is 0. The molecule has 0 radical (unpaired) electrons. The van der Waals surface area contributed by atoms with Crippen molar-refractivity contribution < 1.29 is 9.53 Å². The maximum atomic E-state index is 13.1. The Bertz CT molecular complexity index is 1020. The highest BCUT2D eigenvalue weighted by Crippen LogP contribution is 2.21. The normalized spacial score (nSPS) is 14.2. The van der Waals surface area contributed by atoms with Crippen molar-refractivity contribution in [2.45, 2.75) is 20.4 Å². The molecule has 1 aliphatic heterocycles. The van der Waals surface area contributed by atoms with Crippen molar-refractivity contribution in [2.24, 2.45) is 0 Å². The molecule has 4 rings (SSSR count). The first-order chi connectivity index (χ1) is 14.0. The Balaban J connectivity index is 1.49. The third-order valence-corrected chi connectivity index (χ3v) is 5.47. The summed E-state index contributed by atoms with van der Waals surface area (Å²) in [7, 11) is 1.85. The van der Waals surface area contributed by atoms with Crippen LogP contribution in [0.25, 0.3) is 10.9 Å². The molecule has 0 N–H and O–H groups in total. The minimum atomic E-state index is -0.00402. The largest absolute Gasteiger partial charge is 0.378 e. The number of pyridine rings is 1. The molecule has 0 bridgehead atoms. The van der Waals surface area contributed by atoms with E-state index in [9.17, 15) is 4.79 Å². The fourth-order valence-electron chi connectivity index (χ4n) is 3.79. The molecule has 0 saturated carbocycles. The number of anilines is 1. The molecular formula is C24H27N3O2. The summed E-state index contributed by atoms with van der Waals surface area (Å²) in [6.07, 6.45) is 0. The second-order valence-corrected chi connectivity index (χ2v) is 7.74. The van der Waals surface area contributed by atoms with Crippen molar-refractivity contribution in [3.63, 3.8) is 0 Å². The van der Waals surface area contributed by atoms with Crippen LogP contribution in [0.2, 0.25) is 0 Å². The Morgan fingerprint density at radius 1 is 1.07 bits per heavy atom. The van der Waals surface area contributed by atoms with Crippen LogP contribution in [0.3, 0.4) is 0 Å². The van der Waals surface area contributed by atoms with Crippen molar-refractivity contribution >= 4 is 22.5 Å². The van der Waals surface area contributed by atoms with E-state index in [2.05, 4.69) is 40.2 Å². The number of hydrogen-bond donors (Lipinski definition) is 0. The van der Waals surface area contributed by atoms with Gasteiger partial charge in [0.2, 0.25) is 0 Å². The first-order valence-electron chi connectivity index (χ1n) is 10.1. The highest BCUT2D eigenvalue weighted by atomic mass is 16.5. The van der Waals surface area contributed by atoms with Crippen LogP contribution in [-0.4, -0.2) is 49.1 Å². The van der Waals surface area contributed by atoms with E-state index >= 15 is 0 Å². The van der Waals surface area contributed by atoms with Gasteiger partial charge in [-0.15, -0.1) is 0 Å². The molecule has 2 heterocycles. The topological polar surface area (TPSA) is 45.7 Å². The molecule has 5 nitrogen and oxygen atoms in total. The Kier molecular flexibility index (Phi) is 5.49. The first-order valence-corrected chi connectivity index (χ1v) is 10.1. The van der Waals surface area contributed by atoms with Gasteiger partial charge in [0.05, 0.1) is 30.0 Å². The molecular weight excluding hydrogens is 362 g/mol. The smallest absolute Gasteiger partial charge is 0.255 e. The summed E-state index contributed by atoms with van der Waals surface area (Å²) in [6.45, 7) is 7.91. The van der Waals surface area contributed by atoms with Gasteiger partial charge in [-0.2, -0.15) is 0 Å². The summed E-state index contributed by atoms with van der Waals surface area (Å²) in [4.78, 5) is 21.8. The number of carbonyl (C=O) groups is 1. The summed E-state index contributed by atoms with van der Waals surface area (Å²) in [5, 5.41) is 1.00. The molecule has 1 amide bonds. The molecule has 29 heavy (non-hydrogen) atoms. The van der Waals surface area contributed by atoms with Gasteiger partial charge in [-0.1, -0.05) is 23.8 Å². The molecule has 0 unspecified atom stereocenters. The predicted molar refractivity (Wildman–Crippen MR) is 116 cm³/mol. The number of hydrogen-bond acceptors (Lipinski definition) is 4. The van der Waals surface area contributed by atoms with E-state index in [4.69, 9.17) is 4.74 Å². The van der Waals surface area contributed by atoms with Crippen LogP contribution in [-0.2, 0) is 11.3 Å². The quantitative estimate of drug-likeness (QED) is 0.678. The van der Waals surface area contributed by atoms with Crippen LogP contribution in [0.4, 0.5) is 5.69 Å². The molecule has 3 aromatic rings. The second kappa shape index (κ2) is 8.21. The molecule has 1 aromatic heterocycles. The first kappa shape index (κ1) is 19.4. The molecule has 5 heteroatoms. The summed E-state index contributed by atoms with van der Waals surface area (Å²) in [5.41, 5.74) is 5.83. The number of aryl methyl sites for hydroxylation is 2. The van der Waals surface area contributed by atoms with Crippen molar-refractivity contribution in [1.29, 1.82) is 0 Å². The van der Waals surface area contributed by atoms with Crippen molar-refractivity contribution in [3.8, 4) is 0 Å². The SMILES string of the molecule is Cc1ccc2nc(C)c(C(=O)N(C)Cc3ccc(N4CCOCC4)cc3)cc2c1. The number of rotatable bonds is 4. The maximum absolute atomic E-state index is 13.1. The number of nitrogens with zero attached hydrogens (tertiary/aromatic N) is 3. The van der Waals surface area contributed by atoms with Crippen molar-refractivity contribution in [1.82, 2.24) is 9.88 Å². The fraction of sp³-hybridized carbons (Fsp3) is 0.333. The van der Waals surface area contributed by atoms with E-state index in [-0.39, 0.29) is 5.91 Å². The lowest BCUT2D eigenvalue weighted by Gasteiger charge is -2.29. The molecule has 0 atom stereocenters.